The predicted octanol–water partition coefficient (Wildman–Crippen LogP) is 3.62. The first-order chi connectivity index (χ1) is 9.08. The third-order valence-corrected chi connectivity index (χ3v) is 4.24. The highest BCUT2D eigenvalue weighted by atomic mass is 35.5. The van der Waals surface area contributed by atoms with Crippen molar-refractivity contribution >= 4 is 23.2 Å². The number of hydrogen-bond donors (Lipinski definition) is 2. The van der Waals surface area contributed by atoms with Crippen LogP contribution in [-0.2, 0) is 0 Å². The van der Waals surface area contributed by atoms with Crippen molar-refractivity contribution in [3.63, 3.8) is 0 Å². The fraction of sp³-hybridized carbons (Fsp3) is 0.533. The number of nitrogen functional groups attached to an aromatic ring is 1. The molecule has 19 heavy (non-hydrogen) atoms. The molecular formula is C15H21ClN2O. The second-order valence-electron chi connectivity index (χ2n) is 5.43. The lowest BCUT2D eigenvalue weighted by Gasteiger charge is -2.23. The largest absolute Gasteiger partial charge is 0.399 e. The van der Waals surface area contributed by atoms with Crippen molar-refractivity contribution in [3.05, 3.63) is 28.8 Å². The molecular weight excluding hydrogens is 260 g/mol. The van der Waals surface area contributed by atoms with Crippen molar-refractivity contribution in [2.24, 2.45) is 5.92 Å². The van der Waals surface area contributed by atoms with Crippen LogP contribution in [0.3, 0.4) is 0 Å². The predicted molar refractivity (Wildman–Crippen MR) is 79.4 cm³/mol. The number of rotatable bonds is 2. The van der Waals surface area contributed by atoms with E-state index in [4.69, 9.17) is 17.3 Å². The number of nitrogens with two attached hydrogens (primary N) is 1. The lowest BCUT2D eigenvalue weighted by atomic mass is 9.96. The van der Waals surface area contributed by atoms with Gasteiger partial charge in [0.15, 0.2) is 0 Å². The molecule has 4 heteroatoms. The number of amides is 1. The Morgan fingerprint density at radius 1 is 1.32 bits per heavy atom. The molecule has 1 saturated carbocycles. The van der Waals surface area contributed by atoms with Gasteiger partial charge in [-0.3, -0.25) is 4.79 Å². The van der Waals surface area contributed by atoms with Crippen LogP contribution >= 0.6 is 11.6 Å². The summed E-state index contributed by atoms with van der Waals surface area (Å²) in [7, 11) is 0. The summed E-state index contributed by atoms with van der Waals surface area (Å²) >= 11 is 6.06. The molecule has 1 fully saturated rings. The molecule has 2 unspecified atom stereocenters. The lowest BCUT2D eigenvalue weighted by molar-refractivity contribution is 0.0922. The molecule has 1 amide bonds. The summed E-state index contributed by atoms with van der Waals surface area (Å²) < 4.78 is 0. The molecule has 3 N–H and O–H groups in total. The van der Waals surface area contributed by atoms with Crippen LogP contribution in [0.5, 0.6) is 0 Å². The number of hydrogen-bond acceptors (Lipinski definition) is 2. The smallest absolute Gasteiger partial charge is 0.253 e. The number of carbonyl (C=O) groups is 1. The Morgan fingerprint density at radius 3 is 2.84 bits per heavy atom. The molecule has 0 radical (unpaired) electrons. The summed E-state index contributed by atoms with van der Waals surface area (Å²) in [5.74, 6) is 0.405. The van der Waals surface area contributed by atoms with E-state index < -0.39 is 0 Å². The van der Waals surface area contributed by atoms with Crippen molar-refractivity contribution in [2.75, 3.05) is 5.73 Å². The van der Waals surface area contributed by atoms with Gasteiger partial charge in [-0.1, -0.05) is 37.8 Å². The Morgan fingerprint density at radius 2 is 2.05 bits per heavy atom. The van der Waals surface area contributed by atoms with E-state index in [-0.39, 0.29) is 11.9 Å². The first kappa shape index (κ1) is 14.2. The maximum Gasteiger partial charge on any atom is 0.253 e. The van der Waals surface area contributed by atoms with E-state index in [1.807, 2.05) is 0 Å². The monoisotopic (exact) mass is 280 g/mol. The molecule has 0 aromatic heterocycles. The van der Waals surface area contributed by atoms with Gasteiger partial charge in [0.2, 0.25) is 0 Å². The van der Waals surface area contributed by atoms with Crippen molar-refractivity contribution in [1.82, 2.24) is 5.32 Å². The summed E-state index contributed by atoms with van der Waals surface area (Å²) in [6.07, 6.45) is 5.92. The van der Waals surface area contributed by atoms with Crippen LogP contribution in [0.4, 0.5) is 5.69 Å². The fourth-order valence-electron chi connectivity index (χ4n) is 2.67. The molecule has 0 bridgehead atoms. The summed E-state index contributed by atoms with van der Waals surface area (Å²) in [4.78, 5) is 12.3. The molecule has 0 spiro atoms. The first-order valence-electron chi connectivity index (χ1n) is 6.94. The molecule has 0 heterocycles. The zero-order chi connectivity index (χ0) is 13.8. The normalized spacial score (nSPS) is 23.7. The number of halogens is 1. The minimum Gasteiger partial charge on any atom is -0.399 e. The molecule has 3 nitrogen and oxygen atoms in total. The Hall–Kier alpha value is -1.22. The van der Waals surface area contributed by atoms with E-state index in [1.165, 1.54) is 25.7 Å². The van der Waals surface area contributed by atoms with Crippen LogP contribution in [0.2, 0.25) is 5.02 Å². The first-order valence-corrected chi connectivity index (χ1v) is 7.31. The Bertz CT molecular complexity index is 461. The van der Waals surface area contributed by atoms with Crippen LogP contribution in [0.15, 0.2) is 18.2 Å². The molecule has 2 atom stereocenters. The van der Waals surface area contributed by atoms with Crippen molar-refractivity contribution < 1.29 is 4.79 Å². The van der Waals surface area contributed by atoms with Gasteiger partial charge < -0.3 is 11.1 Å². The molecule has 104 valence electrons. The second kappa shape index (κ2) is 6.29. The third-order valence-electron chi connectivity index (χ3n) is 3.91. The Kier molecular flexibility index (Phi) is 4.70. The quantitative estimate of drug-likeness (QED) is 0.642. The van der Waals surface area contributed by atoms with Crippen molar-refractivity contribution in [2.45, 2.75) is 45.1 Å². The molecule has 1 aromatic rings. The summed E-state index contributed by atoms with van der Waals surface area (Å²) in [5, 5.41) is 3.57. The second-order valence-corrected chi connectivity index (χ2v) is 5.84. The maximum atomic E-state index is 12.3. The Balaban J connectivity index is 2.09. The number of anilines is 1. The van der Waals surface area contributed by atoms with E-state index >= 15 is 0 Å². The van der Waals surface area contributed by atoms with E-state index in [1.54, 1.807) is 18.2 Å². The molecule has 1 aliphatic carbocycles. The van der Waals surface area contributed by atoms with Gasteiger partial charge in [0.25, 0.3) is 5.91 Å². The standard InChI is InChI=1S/C15H21ClN2O/c1-10-5-3-2-4-6-14(10)18-15(19)12-9-11(17)7-8-13(12)16/h7-10,14H,2-6,17H2,1H3,(H,18,19). The van der Waals surface area contributed by atoms with Gasteiger partial charge in [-0.05, 0) is 37.0 Å². The van der Waals surface area contributed by atoms with Crippen LogP contribution in [0.25, 0.3) is 0 Å². The van der Waals surface area contributed by atoms with E-state index in [0.717, 1.165) is 6.42 Å². The summed E-state index contributed by atoms with van der Waals surface area (Å²) in [6.45, 7) is 2.21. The Labute approximate surface area is 119 Å². The number of nitrogens with one attached hydrogen (secondary N) is 1. The van der Waals surface area contributed by atoms with Crippen LogP contribution in [0.1, 0.15) is 49.4 Å². The number of benzene rings is 1. The fourth-order valence-corrected chi connectivity index (χ4v) is 2.87. The van der Waals surface area contributed by atoms with Gasteiger partial charge in [0, 0.05) is 11.7 Å². The molecule has 1 aliphatic rings. The van der Waals surface area contributed by atoms with Gasteiger partial charge in [-0.15, -0.1) is 0 Å². The van der Waals surface area contributed by atoms with Gasteiger partial charge in [-0.25, -0.2) is 0 Å². The molecule has 2 rings (SSSR count). The van der Waals surface area contributed by atoms with Gasteiger partial charge in [0.05, 0.1) is 10.6 Å². The average Bonchev–Trinajstić information content (AvgIpc) is 2.58. The van der Waals surface area contributed by atoms with E-state index in [2.05, 4.69) is 12.2 Å². The number of carbonyl (C=O) groups excluding carboxylic acids is 1. The van der Waals surface area contributed by atoms with E-state index in [0.29, 0.717) is 22.2 Å². The lowest BCUT2D eigenvalue weighted by Crippen LogP contribution is -2.39. The summed E-state index contributed by atoms with van der Waals surface area (Å²) in [6, 6.07) is 5.25. The molecule has 1 aromatic carbocycles. The van der Waals surface area contributed by atoms with Crippen LogP contribution in [-0.4, -0.2) is 11.9 Å². The van der Waals surface area contributed by atoms with Crippen LogP contribution in [0, 0.1) is 5.92 Å². The van der Waals surface area contributed by atoms with Gasteiger partial charge in [0.1, 0.15) is 0 Å². The van der Waals surface area contributed by atoms with E-state index in [9.17, 15) is 4.79 Å². The van der Waals surface area contributed by atoms with Gasteiger partial charge in [-0.2, -0.15) is 0 Å². The maximum absolute atomic E-state index is 12.3. The molecule has 0 saturated heterocycles. The highest BCUT2D eigenvalue weighted by Gasteiger charge is 2.22. The van der Waals surface area contributed by atoms with Crippen LogP contribution < -0.4 is 11.1 Å². The zero-order valence-corrected chi connectivity index (χ0v) is 12.0. The average molecular weight is 281 g/mol. The third kappa shape index (κ3) is 3.63. The highest BCUT2D eigenvalue weighted by molar-refractivity contribution is 6.34. The van der Waals surface area contributed by atoms with Gasteiger partial charge >= 0.3 is 0 Å². The molecule has 0 aliphatic heterocycles. The highest BCUT2D eigenvalue weighted by Crippen LogP contribution is 2.24. The van der Waals surface area contributed by atoms with Crippen molar-refractivity contribution in [1.29, 1.82) is 0 Å². The minimum absolute atomic E-state index is 0.115. The SMILES string of the molecule is CC1CCCCCC1NC(=O)c1cc(N)ccc1Cl. The topological polar surface area (TPSA) is 55.1 Å². The van der Waals surface area contributed by atoms with Crippen molar-refractivity contribution in [3.8, 4) is 0 Å². The zero-order valence-electron chi connectivity index (χ0n) is 11.3. The summed E-state index contributed by atoms with van der Waals surface area (Å²) in [5.41, 5.74) is 6.74. The minimum atomic E-state index is -0.115.